The number of hydrogen-bond donors (Lipinski definition) is 0. The quantitative estimate of drug-likeness (QED) is 0.778. The third-order valence-electron chi connectivity index (χ3n) is 2.40. The van der Waals surface area contributed by atoms with Gasteiger partial charge in [-0.25, -0.2) is 9.48 Å². The molecule has 2 aromatic rings. The van der Waals surface area contributed by atoms with Crippen LogP contribution < -0.4 is 0 Å². The zero-order valence-electron chi connectivity index (χ0n) is 11.5. The van der Waals surface area contributed by atoms with E-state index in [-0.39, 0.29) is 5.69 Å². The molecule has 0 aliphatic carbocycles. The van der Waals surface area contributed by atoms with E-state index in [1.54, 1.807) is 10.9 Å². The molecule has 100 valence electrons. The fourth-order valence-electron chi connectivity index (χ4n) is 1.51. The van der Waals surface area contributed by atoms with Crippen LogP contribution in [0.1, 0.15) is 36.8 Å². The molecule has 0 fully saturated rings. The van der Waals surface area contributed by atoms with Gasteiger partial charge in [0.25, 0.3) is 0 Å². The lowest BCUT2D eigenvalue weighted by molar-refractivity contribution is 0.00627. The van der Waals surface area contributed by atoms with Gasteiger partial charge in [-0.3, -0.25) is 0 Å². The van der Waals surface area contributed by atoms with Crippen LogP contribution in [0.2, 0.25) is 0 Å². The Morgan fingerprint density at radius 1 is 1.21 bits per heavy atom. The van der Waals surface area contributed by atoms with E-state index < -0.39 is 11.6 Å². The second kappa shape index (κ2) is 4.84. The topological polar surface area (TPSA) is 57.0 Å². The number of esters is 1. The van der Waals surface area contributed by atoms with Crippen molar-refractivity contribution in [1.82, 2.24) is 15.0 Å². The van der Waals surface area contributed by atoms with Crippen LogP contribution in [0.5, 0.6) is 0 Å². The summed E-state index contributed by atoms with van der Waals surface area (Å²) in [6.45, 7) is 7.46. The molecule has 0 aliphatic rings. The number of ether oxygens (including phenoxy) is 1. The minimum Gasteiger partial charge on any atom is -0.455 e. The molecule has 0 unspecified atom stereocenters. The molecule has 1 aromatic carbocycles. The Bertz CT molecular complexity index is 579. The molecule has 5 heteroatoms. The Kier molecular flexibility index (Phi) is 3.38. The average Bonchev–Trinajstić information content (AvgIpc) is 2.77. The lowest BCUT2D eigenvalue weighted by Crippen LogP contribution is -2.24. The Morgan fingerprint density at radius 3 is 2.42 bits per heavy atom. The van der Waals surface area contributed by atoms with Crippen LogP contribution in [-0.4, -0.2) is 26.6 Å². The summed E-state index contributed by atoms with van der Waals surface area (Å²) in [6, 6.07) is 7.79. The van der Waals surface area contributed by atoms with Crippen LogP contribution >= 0.6 is 0 Å². The molecule has 19 heavy (non-hydrogen) atoms. The molecule has 0 N–H and O–H groups in total. The molecule has 0 saturated heterocycles. The maximum atomic E-state index is 11.8. The van der Waals surface area contributed by atoms with Crippen molar-refractivity contribution in [3.63, 3.8) is 0 Å². The van der Waals surface area contributed by atoms with Gasteiger partial charge in [0.15, 0.2) is 5.69 Å². The predicted molar refractivity (Wildman–Crippen MR) is 71.3 cm³/mol. The molecule has 0 atom stereocenters. The highest BCUT2D eigenvalue weighted by molar-refractivity contribution is 5.87. The number of nitrogens with zero attached hydrogens (tertiary/aromatic N) is 3. The van der Waals surface area contributed by atoms with Gasteiger partial charge in [0.05, 0.1) is 11.9 Å². The lowest BCUT2D eigenvalue weighted by atomic mass is 10.2. The van der Waals surface area contributed by atoms with E-state index in [9.17, 15) is 4.79 Å². The van der Waals surface area contributed by atoms with Crippen LogP contribution in [0.25, 0.3) is 5.69 Å². The summed E-state index contributed by atoms with van der Waals surface area (Å²) >= 11 is 0. The number of rotatable bonds is 2. The van der Waals surface area contributed by atoms with E-state index in [4.69, 9.17) is 4.74 Å². The maximum Gasteiger partial charge on any atom is 0.361 e. The molecule has 0 bridgehead atoms. The third kappa shape index (κ3) is 3.40. The summed E-state index contributed by atoms with van der Waals surface area (Å²) < 4.78 is 6.79. The first-order valence-electron chi connectivity index (χ1n) is 6.08. The van der Waals surface area contributed by atoms with Gasteiger partial charge in [0, 0.05) is 0 Å². The molecule has 0 radical (unpaired) electrons. The van der Waals surface area contributed by atoms with Crippen molar-refractivity contribution in [1.29, 1.82) is 0 Å². The molecule has 1 heterocycles. The Hall–Kier alpha value is -2.17. The number of carbonyl (C=O) groups excluding carboxylic acids is 1. The number of hydrogen-bond acceptors (Lipinski definition) is 4. The molecule has 0 amide bonds. The molecule has 5 nitrogen and oxygen atoms in total. The Morgan fingerprint density at radius 2 is 1.84 bits per heavy atom. The van der Waals surface area contributed by atoms with Crippen LogP contribution in [0.4, 0.5) is 0 Å². The summed E-state index contributed by atoms with van der Waals surface area (Å²) in [5, 5.41) is 7.77. The molecule has 2 rings (SSSR count). The van der Waals surface area contributed by atoms with Crippen LogP contribution in [0, 0.1) is 6.92 Å². The predicted octanol–water partition coefficient (Wildman–Crippen LogP) is 2.53. The van der Waals surface area contributed by atoms with Crippen molar-refractivity contribution in [2.45, 2.75) is 33.3 Å². The Balaban J connectivity index is 2.19. The molecular formula is C14H17N3O2. The summed E-state index contributed by atoms with van der Waals surface area (Å²) in [5.74, 6) is -0.467. The van der Waals surface area contributed by atoms with E-state index in [0.717, 1.165) is 11.3 Å². The van der Waals surface area contributed by atoms with E-state index in [0.29, 0.717) is 0 Å². The Labute approximate surface area is 112 Å². The van der Waals surface area contributed by atoms with Crippen molar-refractivity contribution < 1.29 is 9.53 Å². The van der Waals surface area contributed by atoms with Gasteiger partial charge < -0.3 is 4.74 Å². The number of benzene rings is 1. The fourth-order valence-corrected chi connectivity index (χ4v) is 1.51. The largest absolute Gasteiger partial charge is 0.455 e. The minimum atomic E-state index is -0.537. The highest BCUT2D eigenvalue weighted by atomic mass is 16.6. The summed E-state index contributed by atoms with van der Waals surface area (Å²) in [4.78, 5) is 11.8. The summed E-state index contributed by atoms with van der Waals surface area (Å²) in [6.07, 6.45) is 1.57. The van der Waals surface area contributed by atoms with Crippen molar-refractivity contribution in [2.24, 2.45) is 0 Å². The van der Waals surface area contributed by atoms with E-state index in [2.05, 4.69) is 10.3 Å². The van der Waals surface area contributed by atoms with Gasteiger partial charge in [-0.05, 0) is 39.8 Å². The van der Waals surface area contributed by atoms with Crippen molar-refractivity contribution in [3.8, 4) is 5.69 Å². The molecule has 1 aromatic heterocycles. The smallest absolute Gasteiger partial charge is 0.361 e. The normalized spacial score (nSPS) is 11.4. The van der Waals surface area contributed by atoms with E-state index in [1.807, 2.05) is 52.0 Å². The average molecular weight is 259 g/mol. The van der Waals surface area contributed by atoms with Gasteiger partial charge >= 0.3 is 5.97 Å². The first-order chi connectivity index (χ1) is 8.85. The fraction of sp³-hybridized carbons (Fsp3) is 0.357. The van der Waals surface area contributed by atoms with Crippen molar-refractivity contribution in [3.05, 3.63) is 41.7 Å². The molecule has 0 saturated carbocycles. The first-order valence-corrected chi connectivity index (χ1v) is 6.08. The highest BCUT2D eigenvalue weighted by Crippen LogP contribution is 2.12. The van der Waals surface area contributed by atoms with Crippen LogP contribution in [0.3, 0.4) is 0 Å². The van der Waals surface area contributed by atoms with Crippen molar-refractivity contribution >= 4 is 5.97 Å². The monoisotopic (exact) mass is 259 g/mol. The van der Waals surface area contributed by atoms with Crippen molar-refractivity contribution in [2.75, 3.05) is 0 Å². The second-order valence-electron chi connectivity index (χ2n) is 5.39. The summed E-state index contributed by atoms with van der Waals surface area (Å²) in [7, 11) is 0. The van der Waals surface area contributed by atoms with Gasteiger partial charge in [-0.2, -0.15) is 0 Å². The zero-order valence-corrected chi connectivity index (χ0v) is 11.5. The third-order valence-corrected chi connectivity index (χ3v) is 2.40. The second-order valence-corrected chi connectivity index (χ2v) is 5.39. The van der Waals surface area contributed by atoms with Gasteiger partial charge in [-0.15, -0.1) is 5.10 Å². The van der Waals surface area contributed by atoms with Gasteiger partial charge in [0.1, 0.15) is 5.60 Å². The molecular weight excluding hydrogens is 242 g/mol. The standard InChI is InChI=1S/C14H17N3O2/c1-10-5-7-11(8-6-10)17-9-12(15-16-17)13(18)19-14(2,3)4/h5-9H,1-4H3. The summed E-state index contributed by atoms with van der Waals surface area (Å²) in [5.41, 5.74) is 1.68. The number of aryl methyl sites for hydroxylation is 1. The van der Waals surface area contributed by atoms with Gasteiger partial charge in [-0.1, -0.05) is 22.9 Å². The zero-order chi connectivity index (χ0) is 14.0. The number of carbonyl (C=O) groups is 1. The SMILES string of the molecule is Cc1ccc(-n2cc(C(=O)OC(C)(C)C)nn2)cc1. The minimum absolute atomic E-state index is 0.204. The van der Waals surface area contributed by atoms with Gasteiger partial charge in [0.2, 0.25) is 0 Å². The number of aromatic nitrogens is 3. The first kappa shape index (κ1) is 13.3. The maximum absolute atomic E-state index is 11.8. The van der Waals surface area contributed by atoms with Crippen LogP contribution in [-0.2, 0) is 4.74 Å². The highest BCUT2D eigenvalue weighted by Gasteiger charge is 2.20. The molecule has 0 spiro atoms. The lowest BCUT2D eigenvalue weighted by Gasteiger charge is -2.18. The molecule has 0 aliphatic heterocycles. The van der Waals surface area contributed by atoms with E-state index in [1.165, 1.54) is 0 Å². The van der Waals surface area contributed by atoms with E-state index >= 15 is 0 Å². The van der Waals surface area contributed by atoms with Crippen LogP contribution in [0.15, 0.2) is 30.5 Å².